The molecule has 17 heavy (non-hydrogen) atoms. The summed E-state index contributed by atoms with van der Waals surface area (Å²) in [4.78, 5) is 14.9. The number of anilines is 2. The fraction of sp³-hybridized carbons (Fsp3) is 0.333. The third kappa shape index (κ3) is 4.48. The van der Waals surface area contributed by atoms with Crippen molar-refractivity contribution >= 4 is 34.5 Å². The highest BCUT2D eigenvalue weighted by Crippen LogP contribution is 2.18. The van der Waals surface area contributed by atoms with Gasteiger partial charge in [0.25, 0.3) is 0 Å². The van der Waals surface area contributed by atoms with Crippen molar-refractivity contribution in [1.82, 2.24) is 4.98 Å². The largest absolute Gasteiger partial charge is 0.396 e. The number of hydrogen-bond donors (Lipinski definition) is 2. The lowest BCUT2D eigenvalue weighted by Crippen LogP contribution is -2.00. The summed E-state index contributed by atoms with van der Waals surface area (Å²) < 4.78 is 0. The maximum absolute atomic E-state index is 10.7. The normalized spacial score (nSPS) is 10.9. The zero-order chi connectivity index (χ0) is 12.8. The summed E-state index contributed by atoms with van der Waals surface area (Å²) in [5.41, 5.74) is 13.6. The Bertz CT molecular complexity index is 444. The molecule has 4 nitrogen and oxygen atoms in total. The fourth-order valence-corrected chi connectivity index (χ4v) is 1.85. The monoisotopic (exact) mass is 251 g/mol. The highest BCUT2D eigenvalue weighted by atomic mass is 32.2. The first kappa shape index (κ1) is 13.6. The van der Waals surface area contributed by atoms with Crippen LogP contribution in [0, 0.1) is 6.92 Å². The van der Waals surface area contributed by atoms with Crippen molar-refractivity contribution in [3.63, 3.8) is 0 Å². The first-order valence-electron chi connectivity index (χ1n) is 5.33. The van der Waals surface area contributed by atoms with E-state index in [2.05, 4.69) is 4.98 Å². The Morgan fingerprint density at radius 3 is 2.88 bits per heavy atom. The van der Waals surface area contributed by atoms with Crippen LogP contribution in [0.15, 0.2) is 12.1 Å². The Morgan fingerprint density at radius 1 is 1.53 bits per heavy atom. The van der Waals surface area contributed by atoms with Crippen molar-refractivity contribution in [2.24, 2.45) is 0 Å². The fourth-order valence-electron chi connectivity index (χ4n) is 1.31. The third-order valence-electron chi connectivity index (χ3n) is 2.20. The summed E-state index contributed by atoms with van der Waals surface area (Å²) in [5, 5.41) is 0.146. The predicted molar refractivity (Wildman–Crippen MR) is 74.6 cm³/mol. The molecule has 5 heteroatoms. The van der Waals surface area contributed by atoms with Gasteiger partial charge in [-0.15, -0.1) is 0 Å². The molecule has 0 spiro atoms. The van der Waals surface area contributed by atoms with Crippen LogP contribution in [0.4, 0.5) is 11.5 Å². The smallest absolute Gasteiger partial charge is 0.185 e. The van der Waals surface area contributed by atoms with Crippen LogP contribution in [0.25, 0.3) is 6.08 Å². The van der Waals surface area contributed by atoms with Crippen LogP contribution in [0.1, 0.15) is 24.6 Å². The molecule has 0 aliphatic rings. The lowest BCUT2D eigenvalue weighted by Gasteiger charge is -2.04. The van der Waals surface area contributed by atoms with Gasteiger partial charge in [-0.1, -0.05) is 23.9 Å². The molecule has 0 radical (unpaired) electrons. The van der Waals surface area contributed by atoms with Gasteiger partial charge in [0.2, 0.25) is 0 Å². The van der Waals surface area contributed by atoms with Gasteiger partial charge in [0.15, 0.2) is 5.12 Å². The van der Waals surface area contributed by atoms with Crippen LogP contribution in [0.2, 0.25) is 0 Å². The number of nitrogens with zero attached hydrogens (tertiary/aromatic N) is 1. The Morgan fingerprint density at radius 2 is 2.24 bits per heavy atom. The maximum Gasteiger partial charge on any atom is 0.185 e. The lowest BCUT2D eigenvalue weighted by atomic mass is 10.1. The standard InChI is InChI=1S/C12H17N3OS/c1-8-10(7-11(13)12(14)15-8)5-3-4-6-17-9(2)16/h3,5,7H,4,6,13H2,1-2H3,(H2,14,15). The second-order valence-corrected chi connectivity index (χ2v) is 4.94. The Balaban J connectivity index is 2.59. The molecular formula is C12H17N3OS. The van der Waals surface area contributed by atoms with Crippen molar-refractivity contribution < 1.29 is 4.79 Å². The van der Waals surface area contributed by atoms with Crippen molar-refractivity contribution in [2.75, 3.05) is 17.2 Å². The van der Waals surface area contributed by atoms with E-state index < -0.39 is 0 Å². The van der Waals surface area contributed by atoms with Crippen molar-refractivity contribution in [1.29, 1.82) is 0 Å². The average molecular weight is 251 g/mol. The van der Waals surface area contributed by atoms with E-state index in [4.69, 9.17) is 11.5 Å². The van der Waals surface area contributed by atoms with Gasteiger partial charge >= 0.3 is 0 Å². The maximum atomic E-state index is 10.7. The summed E-state index contributed by atoms with van der Waals surface area (Å²) in [5.74, 6) is 1.16. The van der Waals surface area contributed by atoms with E-state index in [-0.39, 0.29) is 5.12 Å². The van der Waals surface area contributed by atoms with Gasteiger partial charge < -0.3 is 11.5 Å². The summed E-state index contributed by atoms with van der Waals surface area (Å²) >= 11 is 1.33. The second-order valence-electron chi connectivity index (χ2n) is 3.67. The number of carbonyl (C=O) groups excluding carboxylic acids is 1. The third-order valence-corrected chi connectivity index (χ3v) is 3.05. The molecular weight excluding hydrogens is 234 g/mol. The molecule has 0 aliphatic carbocycles. The SMILES string of the molecule is CC(=O)SCCC=Cc1cc(N)c(N)nc1C. The van der Waals surface area contributed by atoms with E-state index in [1.165, 1.54) is 11.8 Å². The molecule has 0 atom stereocenters. The number of aryl methyl sites for hydroxylation is 1. The van der Waals surface area contributed by atoms with Gasteiger partial charge in [0.1, 0.15) is 5.82 Å². The zero-order valence-electron chi connectivity index (χ0n) is 10.1. The number of nitrogen functional groups attached to an aromatic ring is 2. The lowest BCUT2D eigenvalue weighted by molar-refractivity contribution is -0.109. The number of rotatable bonds is 4. The number of carbonyl (C=O) groups is 1. The van der Waals surface area contributed by atoms with Gasteiger partial charge in [0, 0.05) is 18.4 Å². The van der Waals surface area contributed by atoms with Gasteiger partial charge in [-0.25, -0.2) is 4.98 Å². The summed E-state index contributed by atoms with van der Waals surface area (Å²) in [7, 11) is 0. The van der Waals surface area contributed by atoms with Crippen LogP contribution < -0.4 is 11.5 Å². The van der Waals surface area contributed by atoms with Crippen LogP contribution in [0.3, 0.4) is 0 Å². The summed E-state index contributed by atoms with van der Waals surface area (Å²) in [6.45, 7) is 3.46. The van der Waals surface area contributed by atoms with Gasteiger partial charge in [0.05, 0.1) is 5.69 Å². The van der Waals surface area contributed by atoms with Crippen LogP contribution in [0.5, 0.6) is 0 Å². The number of allylic oxidation sites excluding steroid dienone is 1. The first-order chi connectivity index (χ1) is 8.00. The Kier molecular flexibility index (Phi) is 5.03. The molecule has 0 aliphatic heterocycles. The van der Waals surface area contributed by atoms with E-state index in [9.17, 15) is 4.79 Å². The highest BCUT2D eigenvalue weighted by Gasteiger charge is 2.01. The molecule has 0 aromatic carbocycles. The molecule has 1 aromatic heterocycles. The number of thioether (sulfide) groups is 1. The Hall–Kier alpha value is -1.49. The summed E-state index contributed by atoms with van der Waals surface area (Å²) in [6.07, 6.45) is 4.81. The topological polar surface area (TPSA) is 82.0 Å². The van der Waals surface area contributed by atoms with Crippen LogP contribution >= 0.6 is 11.8 Å². The van der Waals surface area contributed by atoms with Gasteiger partial charge in [-0.05, 0) is 25.0 Å². The molecule has 1 rings (SSSR count). The van der Waals surface area contributed by atoms with Gasteiger partial charge in [-0.2, -0.15) is 0 Å². The van der Waals surface area contributed by atoms with E-state index in [0.29, 0.717) is 11.5 Å². The Labute approximate surface area is 105 Å². The minimum absolute atomic E-state index is 0.146. The molecule has 0 saturated heterocycles. The molecule has 1 heterocycles. The quantitative estimate of drug-likeness (QED) is 0.802. The summed E-state index contributed by atoms with van der Waals surface area (Å²) in [6, 6.07) is 1.81. The molecule has 0 unspecified atom stereocenters. The highest BCUT2D eigenvalue weighted by molar-refractivity contribution is 8.13. The van der Waals surface area contributed by atoms with Gasteiger partial charge in [-0.3, -0.25) is 4.79 Å². The number of hydrogen-bond acceptors (Lipinski definition) is 5. The van der Waals surface area contributed by atoms with E-state index in [1.54, 1.807) is 6.92 Å². The van der Waals surface area contributed by atoms with E-state index in [1.807, 2.05) is 25.1 Å². The molecule has 0 saturated carbocycles. The molecule has 0 fully saturated rings. The molecule has 92 valence electrons. The zero-order valence-corrected chi connectivity index (χ0v) is 10.9. The van der Waals surface area contributed by atoms with E-state index >= 15 is 0 Å². The first-order valence-corrected chi connectivity index (χ1v) is 6.31. The van der Waals surface area contributed by atoms with Crippen LogP contribution in [-0.4, -0.2) is 15.9 Å². The van der Waals surface area contributed by atoms with Crippen LogP contribution in [-0.2, 0) is 4.79 Å². The minimum Gasteiger partial charge on any atom is -0.396 e. The van der Waals surface area contributed by atoms with E-state index in [0.717, 1.165) is 23.4 Å². The molecule has 0 amide bonds. The number of nitrogens with two attached hydrogens (primary N) is 2. The molecule has 4 N–H and O–H groups in total. The predicted octanol–water partition coefficient (Wildman–Crippen LogP) is 2.24. The minimum atomic E-state index is 0.146. The van der Waals surface area contributed by atoms with Crippen molar-refractivity contribution in [3.05, 3.63) is 23.4 Å². The number of pyridine rings is 1. The average Bonchev–Trinajstić information content (AvgIpc) is 2.24. The second kappa shape index (κ2) is 6.30. The van der Waals surface area contributed by atoms with Crippen molar-refractivity contribution in [3.8, 4) is 0 Å². The number of aromatic nitrogens is 1. The molecule has 0 bridgehead atoms. The van der Waals surface area contributed by atoms with Crippen molar-refractivity contribution in [2.45, 2.75) is 20.3 Å². The molecule has 1 aromatic rings.